The first kappa shape index (κ1) is 22.9. The molecule has 0 aliphatic carbocycles. The van der Waals surface area contributed by atoms with Gasteiger partial charge in [0.1, 0.15) is 6.54 Å². The van der Waals surface area contributed by atoms with Crippen molar-refractivity contribution in [3.05, 3.63) is 64.4 Å². The van der Waals surface area contributed by atoms with Gasteiger partial charge in [0.2, 0.25) is 15.9 Å². The monoisotopic (exact) mass is 459 g/mol. The van der Waals surface area contributed by atoms with Crippen LogP contribution in [-0.2, 0) is 21.4 Å². The Labute approximate surface area is 187 Å². The molecule has 0 radical (unpaired) electrons. The maximum Gasteiger partial charge on any atom is 0.242 e. The summed E-state index contributed by atoms with van der Waals surface area (Å²) in [6.45, 7) is 3.84. The first-order valence-corrected chi connectivity index (χ1v) is 11.5. The topological polar surface area (TPSA) is 100 Å². The predicted octanol–water partition coefficient (Wildman–Crippen LogP) is 3.04. The van der Waals surface area contributed by atoms with Crippen LogP contribution in [0.15, 0.2) is 53.4 Å². The maximum absolute atomic E-state index is 12.7. The lowest BCUT2D eigenvalue weighted by Gasteiger charge is -2.16. The number of aryl methyl sites for hydroxylation is 1. The van der Waals surface area contributed by atoms with Gasteiger partial charge in [0.05, 0.1) is 10.9 Å². The number of benzene rings is 2. The quantitative estimate of drug-likeness (QED) is 0.529. The number of hydrogen-bond acceptors (Lipinski definition) is 5. The molecule has 0 fully saturated rings. The fraction of sp³-hybridized carbons (Fsp3) is 0.286. The van der Waals surface area contributed by atoms with Crippen LogP contribution in [0.1, 0.15) is 24.1 Å². The zero-order valence-corrected chi connectivity index (χ0v) is 19.4. The molecule has 3 rings (SSSR count). The van der Waals surface area contributed by atoms with Crippen LogP contribution in [-0.4, -0.2) is 47.5 Å². The lowest BCUT2D eigenvalue weighted by Crippen LogP contribution is -2.30. The molecule has 1 heterocycles. The number of aromatic amines is 1. The van der Waals surface area contributed by atoms with Gasteiger partial charge in [-0.05, 0) is 43.8 Å². The highest BCUT2D eigenvalue weighted by Gasteiger charge is 2.18. The zero-order valence-electron chi connectivity index (χ0n) is 17.8. The van der Waals surface area contributed by atoms with Crippen molar-refractivity contribution in [2.45, 2.75) is 31.3 Å². The molecule has 2 aromatic carbocycles. The predicted molar refractivity (Wildman–Crippen MR) is 121 cm³/mol. The van der Waals surface area contributed by atoms with Gasteiger partial charge in [-0.15, -0.1) is 0 Å². The second-order valence-corrected chi connectivity index (χ2v) is 9.99. The zero-order chi connectivity index (χ0) is 22.8. The molecule has 0 aliphatic rings. The van der Waals surface area contributed by atoms with Crippen LogP contribution < -0.4 is 5.32 Å². The van der Waals surface area contributed by atoms with Gasteiger partial charge in [0.25, 0.3) is 0 Å². The third-order valence-electron chi connectivity index (χ3n) is 4.91. The van der Waals surface area contributed by atoms with Crippen molar-refractivity contribution in [1.29, 1.82) is 0 Å². The van der Waals surface area contributed by atoms with E-state index in [4.69, 9.17) is 12.2 Å². The Morgan fingerprint density at radius 2 is 1.77 bits per heavy atom. The molecule has 1 aromatic heterocycles. The van der Waals surface area contributed by atoms with Crippen LogP contribution >= 0.6 is 12.2 Å². The third kappa shape index (κ3) is 5.09. The number of amides is 1. The van der Waals surface area contributed by atoms with E-state index in [0.717, 1.165) is 21.0 Å². The van der Waals surface area contributed by atoms with Crippen molar-refractivity contribution in [3.8, 4) is 11.4 Å². The number of carbonyl (C=O) groups excluding carboxylic acids is 1. The molecule has 164 valence electrons. The fourth-order valence-corrected chi connectivity index (χ4v) is 4.14. The Kier molecular flexibility index (Phi) is 6.73. The molecule has 0 saturated heterocycles. The van der Waals surface area contributed by atoms with Gasteiger partial charge in [-0.3, -0.25) is 14.5 Å². The summed E-state index contributed by atoms with van der Waals surface area (Å²) in [5, 5.41) is 9.93. The van der Waals surface area contributed by atoms with Crippen LogP contribution in [0.25, 0.3) is 11.4 Å². The summed E-state index contributed by atoms with van der Waals surface area (Å²) in [4.78, 5) is 12.9. The minimum Gasteiger partial charge on any atom is -0.348 e. The number of carbonyl (C=O) groups is 1. The summed E-state index contributed by atoms with van der Waals surface area (Å²) in [5.74, 6) is 0.356. The molecule has 8 nitrogen and oxygen atoms in total. The van der Waals surface area contributed by atoms with Gasteiger partial charge in [-0.1, -0.05) is 42.0 Å². The minimum atomic E-state index is -3.49. The molecule has 1 amide bonds. The van der Waals surface area contributed by atoms with E-state index in [9.17, 15) is 13.2 Å². The highest BCUT2D eigenvalue weighted by molar-refractivity contribution is 7.89. The van der Waals surface area contributed by atoms with E-state index < -0.39 is 10.0 Å². The van der Waals surface area contributed by atoms with E-state index in [1.807, 2.05) is 38.1 Å². The Balaban J connectivity index is 1.72. The molecule has 3 aromatic rings. The summed E-state index contributed by atoms with van der Waals surface area (Å²) in [6.07, 6.45) is 0. The van der Waals surface area contributed by atoms with E-state index in [1.165, 1.54) is 26.2 Å². The van der Waals surface area contributed by atoms with Crippen molar-refractivity contribution in [3.63, 3.8) is 0 Å². The lowest BCUT2D eigenvalue weighted by molar-refractivity contribution is -0.122. The average molecular weight is 460 g/mol. The Morgan fingerprint density at radius 3 is 2.35 bits per heavy atom. The first-order chi connectivity index (χ1) is 14.6. The van der Waals surface area contributed by atoms with E-state index in [0.29, 0.717) is 10.6 Å². The van der Waals surface area contributed by atoms with Crippen LogP contribution in [0.4, 0.5) is 0 Å². The van der Waals surface area contributed by atoms with E-state index in [1.54, 1.807) is 16.7 Å². The summed E-state index contributed by atoms with van der Waals surface area (Å²) >= 11 is 5.30. The number of sulfonamides is 1. The molecular formula is C21H25N5O3S2. The van der Waals surface area contributed by atoms with Crippen molar-refractivity contribution < 1.29 is 13.2 Å². The van der Waals surface area contributed by atoms with Gasteiger partial charge >= 0.3 is 0 Å². The molecule has 0 saturated carbocycles. The van der Waals surface area contributed by atoms with Gasteiger partial charge in [0, 0.05) is 19.7 Å². The number of rotatable bonds is 7. The van der Waals surface area contributed by atoms with E-state index in [-0.39, 0.29) is 23.4 Å². The largest absolute Gasteiger partial charge is 0.348 e. The average Bonchev–Trinajstić information content (AvgIpc) is 3.08. The highest BCUT2D eigenvalue weighted by atomic mass is 32.2. The van der Waals surface area contributed by atoms with Gasteiger partial charge < -0.3 is 5.32 Å². The summed E-state index contributed by atoms with van der Waals surface area (Å²) in [5.41, 5.74) is 2.78. The number of aromatic nitrogens is 3. The molecule has 2 N–H and O–H groups in total. The summed E-state index contributed by atoms with van der Waals surface area (Å²) in [7, 11) is -0.527. The SMILES string of the molecule is Cc1ccc(-c2n[nH]c(=S)n2CC(=O)NC(C)c2ccc(S(=O)(=O)N(C)C)cc2)cc1. The molecular weight excluding hydrogens is 434 g/mol. The summed E-state index contributed by atoms with van der Waals surface area (Å²) < 4.78 is 27.6. The molecule has 31 heavy (non-hydrogen) atoms. The van der Waals surface area contributed by atoms with Crippen LogP contribution in [0.5, 0.6) is 0 Å². The van der Waals surface area contributed by atoms with E-state index in [2.05, 4.69) is 15.5 Å². The smallest absolute Gasteiger partial charge is 0.242 e. The number of hydrogen-bond donors (Lipinski definition) is 2. The number of nitrogens with zero attached hydrogens (tertiary/aromatic N) is 3. The standard InChI is InChI=1S/C21H25N5O3S2/c1-14-5-7-17(8-6-14)20-23-24-21(30)26(20)13-19(27)22-15(2)16-9-11-18(12-10-16)31(28,29)25(3)4/h5-12,15H,13H2,1-4H3,(H,22,27)(H,24,30). The van der Waals surface area contributed by atoms with Crippen molar-refractivity contribution in [1.82, 2.24) is 24.4 Å². The van der Waals surface area contributed by atoms with Gasteiger partial charge in [0.15, 0.2) is 10.6 Å². The van der Waals surface area contributed by atoms with Gasteiger partial charge in [-0.25, -0.2) is 12.7 Å². The second kappa shape index (κ2) is 9.13. The van der Waals surface area contributed by atoms with Crippen LogP contribution in [0, 0.1) is 11.7 Å². The molecule has 1 unspecified atom stereocenters. The van der Waals surface area contributed by atoms with Crippen molar-refractivity contribution in [2.75, 3.05) is 14.1 Å². The molecule has 0 bridgehead atoms. The van der Waals surface area contributed by atoms with Crippen molar-refractivity contribution >= 4 is 28.1 Å². The third-order valence-corrected chi connectivity index (χ3v) is 7.05. The lowest BCUT2D eigenvalue weighted by atomic mass is 10.1. The number of H-pyrrole nitrogens is 1. The Hall–Kier alpha value is -2.82. The first-order valence-electron chi connectivity index (χ1n) is 9.63. The van der Waals surface area contributed by atoms with E-state index >= 15 is 0 Å². The fourth-order valence-electron chi connectivity index (χ4n) is 3.04. The Morgan fingerprint density at radius 1 is 1.16 bits per heavy atom. The van der Waals surface area contributed by atoms with Crippen molar-refractivity contribution in [2.24, 2.45) is 0 Å². The maximum atomic E-state index is 12.7. The normalized spacial score (nSPS) is 12.7. The number of nitrogens with one attached hydrogen (secondary N) is 2. The van der Waals surface area contributed by atoms with Gasteiger partial charge in [-0.2, -0.15) is 5.10 Å². The molecule has 10 heteroatoms. The van der Waals surface area contributed by atoms with Crippen LogP contribution in [0.3, 0.4) is 0 Å². The highest BCUT2D eigenvalue weighted by Crippen LogP contribution is 2.20. The Bertz CT molecular complexity index is 1230. The summed E-state index contributed by atoms with van der Waals surface area (Å²) in [6, 6.07) is 14.0. The molecule has 1 atom stereocenters. The molecule has 0 aliphatic heterocycles. The second-order valence-electron chi connectivity index (χ2n) is 7.45. The van der Waals surface area contributed by atoms with Crippen LogP contribution in [0.2, 0.25) is 0 Å². The minimum absolute atomic E-state index is 0.00990. The molecule has 0 spiro atoms.